The van der Waals surface area contributed by atoms with Crippen molar-refractivity contribution in [2.75, 3.05) is 12.4 Å². The minimum atomic E-state index is -0.617. The molecule has 0 atom stereocenters. The number of carbonyl (C=O) groups is 1. The second-order valence-corrected chi connectivity index (χ2v) is 4.69. The summed E-state index contributed by atoms with van der Waals surface area (Å²) in [6.45, 7) is 0. The van der Waals surface area contributed by atoms with E-state index in [9.17, 15) is 9.18 Å². The van der Waals surface area contributed by atoms with Gasteiger partial charge in [0.2, 0.25) is 0 Å². The summed E-state index contributed by atoms with van der Waals surface area (Å²) in [5.41, 5.74) is 0.478. The van der Waals surface area contributed by atoms with Crippen molar-refractivity contribution in [1.29, 1.82) is 0 Å². The van der Waals surface area contributed by atoms with Gasteiger partial charge < -0.3 is 10.1 Å². The summed E-state index contributed by atoms with van der Waals surface area (Å²) in [6, 6.07) is 11.3. The van der Waals surface area contributed by atoms with Gasteiger partial charge >= 0.3 is 0 Å². The van der Waals surface area contributed by atoms with Crippen LogP contribution >= 0.6 is 15.9 Å². The quantitative estimate of drug-likeness (QED) is 0.931. The van der Waals surface area contributed by atoms with Crippen LogP contribution in [0.4, 0.5) is 10.1 Å². The van der Waals surface area contributed by atoms with Gasteiger partial charge in [-0.05, 0) is 36.4 Å². The number of hydrogen-bond donors (Lipinski definition) is 1. The molecule has 0 radical (unpaired) electrons. The van der Waals surface area contributed by atoms with E-state index in [0.717, 1.165) is 4.47 Å². The summed E-state index contributed by atoms with van der Waals surface area (Å²) >= 11 is 3.30. The number of nitrogens with one attached hydrogen (secondary N) is 1. The Morgan fingerprint density at radius 1 is 1.21 bits per heavy atom. The molecule has 0 heterocycles. The smallest absolute Gasteiger partial charge is 0.262 e. The van der Waals surface area contributed by atoms with Gasteiger partial charge in [0.25, 0.3) is 5.91 Å². The first-order valence-electron chi connectivity index (χ1n) is 5.51. The number of ether oxygens (including phenoxy) is 1. The van der Waals surface area contributed by atoms with Crippen LogP contribution in [0.3, 0.4) is 0 Å². The molecule has 98 valence electrons. The van der Waals surface area contributed by atoms with E-state index in [-0.39, 0.29) is 11.3 Å². The summed E-state index contributed by atoms with van der Waals surface area (Å²) in [7, 11) is 1.39. The Hall–Kier alpha value is -1.88. The predicted molar refractivity (Wildman–Crippen MR) is 75.0 cm³/mol. The number of rotatable bonds is 3. The Morgan fingerprint density at radius 3 is 2.53 bits per heavy atom. The van der Waals surface area contributed by atoms with Crippen molar-refractivity contribution in [1.82, 2.24) is 0 Å². The van der Waals surface area contributed by atoms with E-state index in [1.54, 1.807) is 30.3 Å². The van der Waals surface area contributed by atoms with Gasteiger partial charge in [-0.1, -0.05) is 22.0 Å². The van der Waals surface area contributed by atoms with E-state index < -0.39 is 11.7 Å². The molecule has 0 saturated carbocycles. The Morgan fingerprint density at radius 2 is 1.89 bits per heavy atom. The van der Waals surface area contributed by atoms with Crippen LogP contribution in [0.1, 0.15) is 10.4 Å². The number of hydrogen-bond acceptors (Lipinski definition) is 2. The van der Waals surface area contributed by atoms with E-state index in [1.807, 2.05) is 0 Å². The molecular weight excluding hydrogens is 313 g/mol. The van der Waals surface area contributed by atoms with Crippen LogP contribution in [-0.2, 0) is 0 Å². The summed E-state index contributed by atoms with van der Waals surface area (Å²) < 4.78 is 19.6. The van der Waals surface area contributed by atoms with E-state index in [0.29, 0.717) is 5.69 Å². The fourth-order valence-electron chi connectivity index (χ4n) is 1.62. The molecule has 1 amide bonds. The van der Waals surface area contributed by atoms with Gasteiger partial charge in [-0.25, -0.2) is 4.39 Å². The van der Waals surface area contributed by atoms with Crippen molar-refractivity contribution in [2.24, 2.45) is 0 Å². The van der Waals surface area contributed by atoms with Crippen molar-refractivity contribution < 1.29 is 13.9 Å². The van der Waals surface area contributed by atoms with E-state index in [4.69, 9.17) is 4.74 Å². The van der Waals surface area contributed by atoms with Crippen molar-refractivity contribution >= 4 is 27.5 Å². The number of halogens is 2. The van der Waals surface area contributed by atoms with Gasteiger partial charge in [-0.3, -0.25) is 4.79 Å². The van der Waals surface area contributed by atoms with Crippen LogP contribution in [0.5, 0.6) is 5.75 Å². The lowest BCUT2D eigenvalue weighted by Gasteiger charge is -2.10. The molecule has 0 aliphatic rings. The fourth-order valence-corrected chi connectivity index (χ4v) is 1.89. The maximum atomic E-state index is 13.7. The molecule has 0 saturated heterocycles. The van der Waals surface area contributed by atoms with Crippen LogP contribution in [0.2, 0.25) is 0 Å². The molecule has 0 unspecified atom stereocenters. The molecule has 2 rings (SSSR count). The Balaban J connectivity index is 2.27. The number of benzene rings is 2. The lowest BCUT2D eigenvalue weighted by atomic mass is 10.1. The third kappa shape index (κ3) is 3.12. The first-order valence-corrected chi connectivity index (χ1v) is 6.30. The lowest BCUT2D eigenvalue weighted by molar-refractivity contribution is 0.102. The average Bonchev–Trinajstić information content (AvgIpc) is 2.40. The van der Waals surface area contributed by atoms with Crippen LogP contribution in [0.15, 0.2) is 46.9 Å². The van der Waals surface area contributed by atoms with E-state index in [1.165, 1.54) is 19.2 Å². The van der Waals surface area contributed by atoms with Crippen molar-refractivity contribution in [3.63, 3.8) is 0 Å². The topological polar surface area (TPSA) is 38.3 Å². The van der Waals surface area contributed by atoms with Gasteiger partial charge in [0.15, 0.2) is 0 Å². The highest BCUT2D eigenvalue weighted by atomic mass is 79.9. The zero-order chi connectivity index (χ0) is 13.8. The minimum absolute atomic E-state index is 0.104. The van der Waals surface area contributed by atoms with E-state index >= 15 is 0 Å². The number of anilines is 1. The zero-order valence-electron chi connectivity index (χ0n) is 10.1. The Bertz CT molecular complexity index is 599. The SMILES string of the molecule is COc1cccc(F)c1C(=O)Nc1ccc(Br)cc1. The third-order valence-corrected chi connectivity index (χ3v) is 3.05. The molecule has 0 spiro atoms. The molecule has 0 fully saturated rings. The Kier molecular flexibility index (Phi) is 4.16. The molecule has 19 heavy (non-hydrogen) atoms. The molecule has 1 N–H and O–H groups in total. The Labute approximate surface area is 118 Å². The molecule has 2 aromatic rings. The monoisotopic (exact) mass is 323 g/mol. The summed E-state index contributed by atoms with van der Waals surface area (Å²) in [4.78, 5) is 12.1. The number of amides is 1. The second-order valence-electron chi connectivity index (χ2n) is 3.78. The van der Waals surface area contributed by atoms with Crippen molar-refractivity contribution in [3.05, 3.63) is 58.3 Å². The standard InChI is InChI=1S/C14H11BrFNO2/c1-19-12-4-2-3-11(16)13(12)14(18)17-10-7-5-9(15)6-8-10/h2-8H,1H3,(H,17,18). The molecule has 5 heteroatoms. The van der Waals surface area contributed by atoms with Gasteiger partial charge in [0.05, 0.1) is 7.11 Å². The second kappa shape index (κ2) is 5.84. The van der Waals surface area contributed by atoms with Gasteiger partial charge in [0.1, 0.15) is 17.1 Å². The largest absolute Gasteiger partial charge is 0.496 e. The number of carbonyl (C=O) groups excluding carboxylic acids is 1. The highest BCUT2D eigenvalue weighted by Gasteiger charge is 2.17. The number of methoxy groups -OCH3 is 1. The lowest BCUT2D eigenvalue weighted by Crippen LogP contribution is -2.15. The minimum Gasteiger partial charge on any atom is -0.496 e. The first kappa shape index (κ1) is 13.5. The van der Waals surface area contributed by atoms with Crippen LogP contribution in [0, 0.1) is 5.82 Å². The van der Waals surface area contributed by atoms with Crippen molar-refractivity contribution in [3.8, 4) is 5.75 Å². The van der Waals surface area contributed by atoms with Gasteiger partial charge in [-0.2, -0.15) is 0 Å². The van der Waals surface area contributed by atoms with Crippen LogP contribution in [0.25, 0.3) is 0 Å². The normalized spacial score (nSPS) is 10.1. The summed E-state index contributed by atoms with van der Waals surface area (Å²) in [5.74, 6) is -0.958. The molecule has 2 aromatic carbocycles. The first-order chi connectivity index (χ1) is 9.11. The zero-order valence-corrected chi connectivity index (χ0v) is 11.7. The molecule has 3 nitrogen and oxygen atoms in total. The summed E-state index contributed by atoms with van der Waals surface area (Å²) in [6.07, 6.45) is 0. The van der Waals surface area contributed by atoms with Gasteiger partial charge in [0, 0.05) is 10.2 Å². The van der Waals surface area contributed by atoms with E-state index in [2.05, 4.69) is 21.2 Å². The predicted octanol–water partition coefficient (Wildman–Crippen LogP) is 3.85. The molecule has 0 aliphatic carbocycles. The summed E-state index contributed by atoms with van der Waals surface area (Å²) in [5, 5.41) is 2.62. The fraction of sp³-hybridized carbons (Fsp3) is 0.0714. The molecular formula is C14H11BrFNO2. The average molecular weight is 324 g/mol. The molecule has 0 bridgehead atoms. The molecule has 0 aliphatic heterocycles. The van der Waals surface area contributed by atoms with Crippen LogP contribution < -0.4 is 10.1 Å². The highest BCUT2D eigenvalue weighted by molar-refractivity contribution is 9.10. The highest BCUT2D eigenvalue weighted by Crippen LogP contribution is 2.23. The third-order valence-electron chi connectivity index (χ3n) is 2.52. The van der Waals surface area contributed by atoms with Gasteiger partial charge in [-0.15, -0.1) is 0 Å². The van der Waals surface area contributed by atoms with Crippen molar-refractivity contribution in [2.45, 2.75) is 0 Å². The van der Waals surface area contributed by atoms with Crippen LogP contribution in [-0.4, -0.2) is 13.0 Å². The maximum Gasteiger partial charge on any atom is 0.262 e. The maximum absolute atomic E-state index is 13.7. The molecule has 0 aromatic heterocycles.